The Morgan fingerprint density at radius 3 is 2.85 bits per heavy atom. The highest BCUT2D eigenvalue weighted by molar-refractivity contribution is 5.96. The number of aliphatic hydroxyl groups is 1. The number of rotatable bonds is 4. The Morgan fingerprint density at radius 1 is 1.45 bits per heavy atom. The fourth-order valence-corrected chi connectivity index (χ4v) is 2.35. The van der Waals surface area contributed by atoms with Crippen LogP contribution in [-0.4, -0.2) is 23.7 Å². The van der Waals surface area contributed by atoms with Gasteiger partial charge in [-0.2, -0.15) is 0 Å². The molecule has 3 nitrogen and oxygen atoms in total. The van der Waals surface area contributed by atoms with Gasteiger partial charge in [0, 0.05) is 18.0 Å². The summed E-state index contributed by atoms with van der Waals surface area (Å²) in [5.74, 6) is 6.38. The minimum Gasteiger partial charge on any atom is -0.395 e. The zero-order valence-corrected chi connectivity index (χ0v) is 11.9. The van der Waals surface area contributed by atoms with Crippen LogP contribution >= 0.6 is 0 Å². The second kappa shape index (κ2) is 7.12. The molecule has 0 spiro atoms. The third-order valence-electron chi connectivity index (χ3n) is 3.85. The molecule has 0 radical (unpaired) electrons. The van der Waals surface area contributed by atoms with Gasteiger partial charge in [-0.3, -0.25) is 4.79 Å². The lowest BCUT2D eigenvalue weighted by atomic mass is 9.80. The van der Waals surface area contributed by atoms with Crippen LogP contribution in [0.3, 0.4) is 0 Å². The predicted octanol–water partition coefficient (Wildman–Crippen LogP) is 2.34. The smallest absolute Gasteiger partial charge is 0.252 e. The minimum absolute atomic E-state index is 0.0417. The molecule has 1 aliphatic rings. The number of benzene rings is 1. The normalized spacial score (nSPS) is 15.7. The molecule has 0 aromatic heterocycles. The van der Waals surface area contributed by atoms with Crippen molar-refractivity contribution in [2.24, 2.45) is 5.92 Å². The maximum absolute atomic E-state index is 12.3. The first-order valence-electron chi connectivity index (χ1n) is 7.22. The molecule has 0 bridgehead atoms. The Bertz CT molecular complexity index is 523. The van der Waals surface area contributed by atoms with Gasteiger partial charge in [0.05, 0.1) is 12.2 Å². The van der Waals surface area contributed by atoms with Gasteiger partial charge in [0.25, 0.3) is 5.91 Å². The molecule has 3 heteroatoms. The molecule has 0 heterocycles. The third kappa shape index (κ3) is 3.61. The topological polar surface area (TPSA) is 49.3 Å². The van der Waals surface area contributed by atoms with Crippen LogP contribution in [0.4, 0.5) is 0 Å². The van der Waals surface area contributed by atoms with Crippen molar-refractivity contribution in [3.05, 3.63) is 35.4 Å². The maximum atomic E-state index is 12.3. The van der Waals surface area contributed by atoms with Crippen molar-refractivity contribution in [1.29, 1.82) is 0 Å². The summed E-state index contributed by atoms with van der Waals surface area (Å²) in [6.45, 7) is 2.11. The Labute approximate surface area is 120 Å². The van der Waals surface area contributed by atoms with Crippen molar-refractivity contribution in [1.82, 2.24) is 5.32 Å². The van der Waals surface area contributed by atoms with E-state index in [1.54, 1.807) is 6.07 Å². The van der Waals surface area contributed by atoms with E-state index in [1.807, 2.05) is 18.2 Å². The number of hydrogen-bond donors (Lipinski definition) is 2. The van der Waals surface area contributed by atoms with Crippen molar-refractivity contribution in [2.45, 2.75) is 38.6 Å². The molecule has 1 aliphatic carbocycles. The van der Waals surface area contributed by atoms with Gasteiger partial charge in [-0.1, -0.05) is 30.4 Å². The summed E-state index contributed by atoms with van der Waals surface area (Å²) in [4.78, 5) is 12.3. The van der Waals surface area contributed by atoms with E-state index in [-0.39, 0.29) is 18.6 Å². The maximum Gasteiger partial charge on any atom is 0.252 e. The summed E-state index contributed by atoms with van der Waals surface area (Å²) in [5.41, 5.74) is 1.34. The second-order valence-electron chi connectivity index (χ2n) is 5.27. The number of aliphatic hydroxyl groups excluding tert-OH is 1. The van der Waals surface area contributed by atoms with Crippen LogP contribution in [0.5, 0.6) is 0 Å². The SMILES string of the molecule is CC(NC(=O)c1ccccc1C#CCCO)C1CCC1. The highest BCUT2D eigenvalue weighted by Gasteiger charge is 2.25. The Balaban J connectivity index is 2.07. The molecule has 1 aromatic carbocycles. The van der Waals surface area contributed by atoms with Crippen LogP contribution in [0.15, 0.2) is 24.3 Å². The van der Waals surface area contributed by atoms with Gasteiger partial charge in [-0.15, -0.1) is 0 Å². The first-order valence-corrected chi connectivity index (χ1v) is 7.22. The molecule has 0 aliphatic heterocycles. The minimum atomic E-state index is -0.0571. The van der Waals surface area contributed by atoms with Gasteiger partial charge in [0.1, 0.15) is 0 Å². The van der Waals surface area contributed by atoms with Gasteiger partial charge in [0.2, 0.25) is 0 Å². The lowest BCUT2D eigenvalue weighted by Crippen LogP contribution is -2.40. The van der Waals surface area contributed by atoms with Gasteiger partial charge >= 0.3 is 0 Å². The summed E-state index contributed by atoms with van der Waals surface area (Å²) in [6.07, 6.45) is 4.11. The van der Waals surface area contributed by atoms with E-state index in [0.717, 1.165) is 5.56 Å². The fourth-order valence-electron chi connectivity index (χ4n) is 2.35. The number of carbonyl (C=O) groups is 1. The van der Waals surface area contributed by atoms with Crippen molar-refractivity contribution < 1.29 is 9.90 Å². The first-order chi connectivity index (χ1) is 9.72. The molecule has 20 heavy (non-hydrogen) atoms. The second-order valence-corrected chi connectivity index (χ2v) is 5.27. The molecule has 1 aromatic rings. The summed E-state index contributed by atoms with van der Waals surface area (Å²) in [7, 11) is 0. The molecule has 1 atom stereocenters. The van der Waals surface area contributed by atoms with E-state index < -0.39 is 0 Å². The van der Waals surface area contributed by atoms with E-state index in [1.165, 1.54) is 19.3 Å². The van der Waals surface area contributed by atoms with Crippen molar-refractivity contribution in [3.63, 3.8) is 0 Å². The number of hydrogen-bond acceptors (Lipinski definition) is 2. The summed E-state index contributed by atoms with van der Waals surface area (Å²) in [6, 6.07) is 7.57. The van der Waals surface area contributed by atoms with Crippen molar-refractivity contribution in [3.8, 4) is 11.8 Å². The van der Waals surface area contributed by atoms with Crippen LogP contribution in [-0.2, 0) is 0 Å². The Hall–Kier alpha value is -1.79. The predicted molar refractivity (Wildman–Crippen MR) is 79.3 cm³/mol. The molecule has 1 saturated carbocycles. The van der Waals surface area contributed by atoms with E-state index in [2.05, 4.69) is 24.1 Å². The number of nitrogens with one attached hydrogen (secondary N) is 1. The highest BCUT2D eigenvalue weighted by atomic mass is 16.2. The third-order valence-corrected chi connectivity index (χ3v) is 3.85. The number of carbonyl (C=O) groups excluding carboxylic acids is 1. The average Bonchev–Trinajstić information content (AvgIpc) is 2.37. The molecule has 106 valence electrons. The van der Waals surface area contributed by atoms with Crippen molar-refractivity contribution in [2.75, 3.05) is 6.61 Å². The summed E-state index contributed by atoms with van der Waals surface area (Å²) in [5, 5.41) is 11.8. The van der Waals surface area contributed by atoms with Crippen LogP contribution in [0.1, 0.15) is 48.5 Å². The molecular formula is C17H21NO2. The summed E-state index contributed by atoms with van der Waals surface area (Å²) >= 11 is 0. The standard InChI is InChI=1S/C17H21NO2/c1-13(14-9-6-10-14)18-17(20)16-11-3-2-7-15(16)8-4-5-12-19/h2-3,7,11,13-14,19H,5-6,9-10,12H2,1H3,(H,18,20). The molecule has 1 unspecified atom stereocenters. The van der Waals surface area contributed by atoms with Crippen LogP contribution < -0.4 is 5.32 Å². The van der Waals surface area contributed by atoms with Gasteiger partial charge in [-0.05, 0) is 37.8 Å². The van der Waals surface area contributed by atoms with E-state index in [0.29, 0.717) is 17.9 Å². The van der Waals surface area contributed by atoms with Crippen LogP contribution in [0.25, 0.3) is 0 Å². The number of amides is 1. The summed E-state index contributed by atoms with van der Waals surface area (Å²) < 4.78 is 0. The van der Waals surface area contributed by atoms with Gasteiger partial charge in [-0.25, -0.2) is 0 Å². The first kappa shape index (κ1) is 14.6. The van der Waals surface area contributed by atoms with Gasteiger partial charge < -0.3 is 10.4 Å². The van der Waals surface area contributed by atoms with E-state index >= 15 is 0 Å². The zero-order valence-electron chi connectivity index (χ0n) is 11.9. The molecule has 1 amide bonds. The van der Waals surface area contributed by atoms with Gasteiger partial charge in [0.15, 0.2) is 0 Å². The molecule has 0 saturated heterocycles. The molecule has 2 N–H and O–H groups in total. The van der Waals surface area contributed by atoms with Crippen molar-refractivity contribution >= 4 is 5.91 Å². The zero-order chi connectivity index (χ0) is 14.4. The van der Waals surface area contributed by atoms with E-state index in [4.69, 9.17) is 5.11 Å². The molecule has 2 rings (SSSR count). The van der Waals surface area contributed by atoms with Crippen LogP contribution in [0, 0.1) is 17.8 Å². The molecule has 1 fully saturated rings. The average molecular weight is 271 g/mol. The largest absolute Gasteiger partial charge is 0.395 e. The lowest BCUT2D eigenvalue weighted by molar-refractivity contribution is 0.0909. The Kier molecular flexibility index (Phi) is 5.20. The quantitative estimate of drug-likeness (QED) is 0.826. The Morgan fingerprint density at radius 2 is 2.20 bits per heavy atom. The van der Waals surface area contributed by atoms with Crippen LogP contribution in [0.2, 0.25) is 0 Å². The monoisotopic (exact) mass is 271 g/mol. The fraction of sp³-hybridized carbons (Fsp3) is 0.471. The lowest BCUT2D eigenvalue weighted by Gasteiger charge is -2.31. The molecular weight excluding hydrogens is 250 g/mol. The van der Waals surface area contributed by atoms with E-state index in [9.17, 15) is 4.79 Å². The highest BCUT2D eigenvalue weighted by Crippen LogP contribution is 2.29.